The third-order valence-electron chi connectivity index (χ3n) is 4.62. The molecule has 0 amide bonds. The smallest absolute Gasteiger partial charge is 0.118 e. The second-order valence-corrected chi connectivity index (χ2v) is 6.38. The lowest BCUT2D eigenvalue weighted by Gasteiger charge is -2.08. The van der Waals surface area contributed by atoms with Gasteiger partial charge in [0.05, 0.1) is 31.3 Å². The number of rotatable bonds is 5. The summed E-state index contributed by atoms with van der Waals surface area (Å²) in [6.45, 7) is 0. The van der Waals surface area contributed by atoms with E-state index in [4.69, 9.17) is 20.3 Å². The van der Waals surface area contributed by atoms with E-state index in [1.165, 1.54) is 0 Å². The van der Waals surface area contributed by atoms with Gasteiger partial charge < -0.3 is 15.2 Å². The van der Waals surface area contributed by atoms with Crippen molar-refractivity contribution >= 4 is 5.69 Å². The van der Waals surface area contributed by atoms with Gasteiger partial charge in [-0.05, 0) is 78.9 Å². The van der Waals surface area contributed by atoms with Crippen molar-refractivity contribution in [2.75, 3.05) is 20.0 Å². The molecule has 3 aromatic carbocycles. The van der Waals surface area contributed by atoms with Gasteiger partial charge in [-0.2, -0.15) is 5.10 Å². The molecule has 0 atom stereocenters. The van der Waals surface area contributed by atoms with Gasteiger partial charge in [0.15, 0.2) is 0 Å². The molecule has 0 bridgehead atoms. The van der Waals surface area contributed by atoms with Gasteiger partial charge in [0.2, 0.25) is 0 Å². The van der Waals surface area contributed by atoms with Crippen LogP contribution in [0.15, 0.2) is 78.9 Å². The van der Waals surface area contributed by atoms with Crippen LogP contribution >= 0.6 is 0 Å². The molecular formula is C23H21N3O2. The molecule has 0 aliphatic rings. The van der Waals surface area contributed by atoms with Crippen LogP contribution < -0.4 is 15.2 Å². The molecule has 5 nitrogen and oxygen atoms in total. The van der Waals surface area contributed by atoms with Crippen molar-refractivity contribution in [1.29, 1.82) is 0 Å². The summed E-state index contributed by atoms with van der Waals surface area (Å²) >= 11 is 0. The second-order valence-electron chi connectivity index (χ2n) is 6.38. The summed E-state index contributed by atoms with van der Waals surface area (Å²) in [5.74, 6) is 1.63. The highest BCUT2D eigenvalue weighted by Crippen LogP contribution is 2.30. The van der Waals surface area contributed by atoms with Crippen LogP contribution in [-0.4, -0.2) is 24.0 Å². The first-order valence-electron chi connectivity index (χ1n) is 8.93. The molecule has 0 fully saturated rings. The zero-order valence-corrected chi connectivity index (χ0v) is 15.8. The highest BCUT2D eigenvalue weighted by Gasteiger charge is 2.13. The Hall–Kier alpha value is -3.73. The maximum absolute atomic E-state index is 5.85. The lowest BCUT2D eigenvalue weighted by Crippen LogP contribution is -1.99. The highest BCUT2D eigenvalue weighted by molar-refractivity contribution is 5.71. The quantitative estimate of drug-likeness (QED) is 0.512. The molecule has 1 aromatic heterocycles. The molecule has 0 saturated heterocycles. The van der Waals surface area contributed by atoms with Crippen LogP contribution in [0.25, 0.3) is 28.2 Å². The number of aromatic nitrogens is 2. The van der Waals surface area contributed by atoms with Crippen LogP contribution in [0.2, 0.25) is 0 Å². The number of hydrogen-bond acceptors (Lipinski definition) is 4. The Morgan fingerprint density at radius 1 is 0.714 bits per heavy atom. The fraction of sp³-hybridized carbons (Fsp3) is 0.0870. The third-order valence-corrected chi connectivity index (χ3v) is 4.62. The van der Waals surface area contributed by atoms with Crippen LogP contribution in [0.3, 0.4) is 0 Å². The van der Waals surface area contributed by atoms with E-state index in [0.29, 0.717) is 0 Å². The Bertz CT molecular complexity index is 1070. The second kappa shape index (κ2) is 7.48. The monoisotopic (exact) mass is 371 g/mol. The SMILES string of the molecule is COc1ccc(-c2cc(-c3ccc(OC)cc3)n(-c3ccc(N)cc3)n2)cc1. The number of nitrogen functional groups attached to an aromatic ring is 1. The Labute approximate surface area is 164 Å². The summed E-state index contributed by atoms with van der Waals surface area (Å²) in [5, 5.41) is 4.86. The van der Waals surface area contributed by atoms with Crippen LogP contribution in [0.4, 0.5) is 5.69 Å². The van der Waals surface area contributed by atoms with Crippen LogP contribution in [-0.2, 0) is 0 Å². The van der Waals surface area contributed by atoms with Crippen molar-refractivity contribution in [1.82, 2.24) is 9.78 Å². The maximum atomic E-state index is 5.85. The lowest BCUT2D eigenvalue weighted by atomic mass is 10.1. The van der Waals surface area contributed by atoms with Crippen molar-refractivity contribution < 1.29 is 9.47 Å². The molecule has 0 radical (unpaired) electrons. The number of anilines is 1. The van der Waals surface area contributed by atoms with Crippen molar-refractivity contribution in [3.63, 3.8) is 0 Å². The predicted molar refractivity (Wildman–Crippen MR) is 112 cm³/mol. The van der Waals surface area contributed by atoms with E-state index >= 15 is 0 Å². The van der Waals surface area contributed by atoms with Gasteiger partial charge in [-0.15, -0.1) is 0 Å². The third kappa shape index (κ3) is 3.42. The van der Waals surface area contributed by atoms with E-state index in [0.717, 1.165) is 45.4 Å². The van der Waals surface area contributed by atoms with Crippen LogP contribution in [0.5, 0.6) is 11.5 Å². The summed E-state index contributed by atoms with van der Waals surface area (Å²) in [7, 11) is 3.32. The van der Waals surface area contributed by atoms with E-state index in [-0.39, 0.29) is 0 Å². The van der Waals surface area contributed by atoms with Crippen molar-refractivity contribution in [3.8, 4) is 39.7 Å². The Balaban J connectivity index is 1.83. The highest BCUT2D eigenvalue weighted by atomic mass is 16.5. The van der Waals surface area contributed by atoms with E-state index < -0.39 is 0 Å². The summed E-state index contributed by atoms with van der Waals surface area (Å²) in [6.07, 6.45) is 0. The molecule has 0 spiro atoms. The van der Waals surface area contributed by atoms with E-state index in [9.17, 15) is 0 Å². The van der Waals surface area contributed by atoms with Gasteiger partial charge in [-0.3, -0.25) is 0 Å². The van der Waals surface area contributed by atoms with Crippen molar-refractivity contribution in [2.45, 2.75) is 0 Å². The van der Waals surface area contributed by atoms with Gasteiger partial charge in [0.25, 0.3) is 0 Å². The molecule has 0 aliphatic carbocycles. The molecule has 0 saturated carbocycles. The minimum absolute atomic E-state index is 0.720. The average Bonchev–Trinajstić information content (AvgIpc) is 3.20. The largest absolute Gasteiger partial charge is 0.497 e. The standard InChI is InChI=1S/C23H21N3O2/c1-27-20-11-3-16(4-12-20)22-15-23(17-5-13-21(28-2)14-6-17)26(25-22)19-9-7-18(24)8-10-19/h3-15H,24H2,1-2H3. The van der Waals surface area contributed by atoms with Gasteiger partial charge in [0.1, 0.15) is 11.5 Å². The number of nitrogens with zero attached hydrogens (tertiary/aromatic N) is 2. The molecule has 1 heterocycles. The summed E-state index contributed by atoms with van der Waals surface area (Å²) in [6, 6.07) is 25.6. The average molecular weight is 371 g/mol. The number of benzene rings is 3. The van der Waals surface area contributed by atoms with Crippen molar-refractivity contribution in [2.24, 2.45) is 0 Å². The fourth-order valence-corrected chi connectivity index (χ4v) is 3.06. The summed E-state index contributed by atoms with van der Waals surface area (Å²) in [4.78, 5) is 0. The molecule has 0 aliphatic heterocycles. The Kier molecular flexibility index (Phi) is 4.72. The summed E-state index contributed by atoms with van der Waals surface area (Å²) < 4.78 is 12.5. The van der Waals surface area contributed by atoms with Crippen molar-refractivity contribution in [3.05, 3.63) is 78.9 Å². The minimum atomic E-state index is 0.720. The number of methoxy groups -OCH3 is 2. The van der Waals surface area contributed by atoms with Gasteiger partial charge >= 0.3 is 0 Å². The molecular weight excluding hydrogens is 350 g/mol. The Morgan fingerprint density at radius 2 is 1.25 bits per heavy atom. The minimum Gasteiger partial charge on any atom is -0.497 e. The first-order valence-corrected chi connectivity index (χ1v) is 8.93. The van der Waals surface area contributed by atoms with E-state index in [2.05, 4.69) is 6.07 Å². The first kappa shape index (κ1) is 17.7. The van der Waals surface area contributed by atoms with Gasteiger partial charge in [0, 0.05) is 16.8 Å². The van der Waals surface area contributed by atoms with E-state index in [1.807, 2.05) is 77.5 Å². The fourth-order valence-electron chi connectivity index (χ4n) is 3.06. The number of nitrogens with two attached hydrogens (primary N) is 1. The van der Waals surface area contributed by atoms with Gasteiger partial charge in [-0.25, -0.2) is 4.68 Å². The molecule has 4 rings (SSSR count). The molecule has 0 unspecified atom stereocenters. The molecule has 4 aromatic rings. The molecule has 2 N–H and O–H groups in total. The maximum Gasteiger partial charge on any atom is 0.118 e. The van der Waals surface area contributed by atoms with E-state index in [1.54, 1.807) is 14.2 Å². The first-order chi connectivity index (χ1) is 13.7. The zero-order chi connectivity index (χ0) is 19.5. The Morgan fingerprint density at radius 3 is 1.79 bits per heavy atom. The normalized spacial score (nSPS) is 10.6. The molecule has 28 heavy (non-hydrogen) atoms. The van der Waals surface area contributed by atoms with Gasteiger partial charge in [-0.1, -0.05) is 0 Å². The predicted octanol–water partition coefficient (Wildman–Crippen LogP) is 4.81. The number of hydrogen-bond donors (Lipinski definition) is 1. The zero-order valence-electron chi connectivity index (χ0n) is 15.8. The van der Waals surface area contributed by atoms with Crippen LogP contribution in [0.1, 0.15) is 0 Å². The topological polar surface area (TPSA) is 62.3 Å². The molecule has 140 valence electrons. The number of ether oxygens (including phenoxy) is 2. The van der Waals surface area contributed by atoms with Crippen LogP contribution in [0, 0.1) is 0 Å². The summed E-state index contributed by atoms with van der Waals surface area (Å²) in [5.41, 5.74) is 11.4. The molecule has 5 heteroatoms. The lowest BCUT2D eigenvalue weighted by molar-refractivity contribution is 0.414.